The van der Waals surface area contributed by atoms with E-state index in [2.05, 4.69) is 5.32 Å². The summed E-state index contributed by atoms with van der Waals surface area (Å²) in [6.07, 6.45) is 1.15. The molecule has 0 bridgehead atoms. The lowest BCUT2D eigenvalue weighted by Gasteiger charge is -2.09. The fourth-order valence-electron chi connectivity index (χ4n) is 1.96. The molecule has 0 amide bonds. The van der Waals surface area contributed by atoms with Crippen molar-refractivity contribution in [1.82, 2.24) is 5.32 Å². The highest BCUT2D eigenvalue weighted by Gasteiger charge is 2.14. The van der Waals surface area contributed by atoms with Gasteiger partial charge in [-0.3, -0.25) is 10.1 Å². The van der Waals surface area contributed by atoms with Gasteiger partial charge in [-0.05, 0) is 24.4 Å². The van der Waals surface area contributed by atoms with Crippen LogP contribution in [0.4, 0.5) is 5.69 Å². The lowest BCUT2D eigenvalue weighted by Crippen LogP contribution is -2.13. The van der Waals surface area contributed by atoms with Gasteiger partial charge in [0.25, 0.3) is 5.69 Å². The predicted molar refractivity (Wildman–Crippen MR) is 63.7 cm³/mol. The molecule has 1 aliphatic heterocycles. The Morgan fingerprint density at radius 3 is 3.12 bits per heavy atom. The van der Waals surface area contributed by atoms with Gasteiger partial charge in [-0.15, -0.1) is 0 Å². The minimum atomic E-state index is -0.385. The van der Waals surface area contributed by atoms with Gasteiger partial charge in [-0.25, -0.2) is 0 Å². The zero-order valence-electron chi connectivity index (χ0n) is 9.59. The first-order chi connectivity index (χ1) is 8.25. The first-order valence-corrected chi connectivity index (χ1v) is 5.77. The van der Waals surface area contributed by atoms with Gasteiger partial charge in [0.15, 0.2) is 0 Å². The van der Waals surface area contributed by atoms with Crippen LogP contribution in [0.1, 0.15) is 12.0 Å². The molecule has 1 aromatic carbocycles. The van der Waals surface area contributed by atoms with E-state index in [0.717, 1.165) is 31.7 Å². The maximum absolute atomic E-state index is 10.6. The molecular weight excluding hydrogens is 220 g/mol. The summed E-state index contributed by atoms with van der Waals surface area (Å²) in [5.74, 6) is 0.577. The molecule has 1 unspecified atom stereocenters. The second-order valence-electron chi connectivity index (χ2n) is 4.30. The first kappa shape index (κ1) is 12.0. The van der Waals surface area contributed by atoms with E-state index < -0.39 is 0 Å². The molecule has 92 valence electrons. The van der Waals surface area contributed by atoms with Crippen LogP contribution < -0.4 is 5.32 Å². The van der Waals surface area contributed by atoms with Crippen molar-refractivity contribution in [2.75, 3.05) is 19.7 Å². The van der Waals surface area contributed by atoms with Crippen LogP contribution in [-0.4, -0.2) is 24.6 Å². The maximum Gasteiger partial charge on any atom is 0.269 e. The van der Waals surface area contributed by atoms with Crippen LogP contribution in [-0.2, 0) is 11.3 Å². The van der Waals surface area contributed by atoms with Gasteiger partial charge in [0.05, 0.1) is 18.1 Å². The highest BCUT2D eigenvalue weighted by molar-refractivity contribution is 5.33. The minimum absolute atomic E-state index is 0.119. The van der Waals surface area contributed by atoms with Gasteiger partial charge in [0.1, 0.15) is 0 Å². The normalized spacial score (nSPS) is 19.4. The third-order valence-corrected chi connectivity index (χ3v) is 2.91. The molecule has 0 spiro atoms. The van der Waals surface area contributed by atoms with Crippen molar-refractivity contribution >= 4 is 5.69 Å². The van der Waals surface area contributed by atoms with Gasteiger partial charge in [-0.2, -0.15) is 0 Å². The lowest BCUT2D eigenvalue weighted by molar-refractivity contribution is -0.384. The summed E-state index contributed by atoms with van der Waals surface area (Å²) >= 11 is 0. The number of nitro benzene ring substituents is 1. The highest BCUT2D eigenvalue weighted by Crippen LogP contribution is 2.15. The molecule has 1 heterocycles. The summed E-state index contributed by atoms with van der Waals surface area (Å²) in [4.78, 5) is 10.2. The molecule has 1 atom stereocenters. The van der Waals surface area contributed by atoms with E-state index in [-0.39, 0.29) is 10.6 Å². The third kappa shape index (κ3) is 3.51. The number of benzene rings is 1. The number of nitrogens with zero attached hydrogens (tertiary/aromatic N) is 1. The fraction of sp³-hybridized carbons (Fsp3) is 0.500. The molecule has 17 heavy (non-hydrogen) atoms. The SMILES string of the molecule is O=[N+]([O-])c1cccc(COCC2CCNC2)c1. The van der Waals surface area contributed by atoms with E-state index in [1.165, 1.54) is 6.07 Å². The Balaban J connectivity index is 1.81. The van der Waals surface area contributed by atoms with Crippen LogP contribution in [0.5, 0.6) is 0 Å². The smallest absolute Gasteiger partial charge is 0.269 e. The highest BCUT2D eigenvalue weighted by atomic mass is 16.6. The van der Waals surface area contributed by atoms with Crippen LogP contribution in [0, 0.1) is 16.0 Å². The Morgan fingerprint density at radius 1 is 1.53 bits per heavy atom. The number of nitro groups is 1. The number of nitrogens with one attached hydrogen (secondary N) is 1. The van der Waals surface area contributed by atoms with Crippen LogP contribution in [0.3, 0.4) is 0 Å². The second kappa shape index (κ2) is 5.75. The summed E-state index contributed by atoms with van der Waals surface area (Å²) in [5, 5.41) is 13.9. The van der Waals surface area contributed by atoms with E-state index in [1.807, 2.05) is 6.07 Å². The van der Waals surface area contributed by atoms with Crippen molar-refractivity contribution in [2.45, 2.75) is 13.0 Å². The topological polar surface area (TPSA) is 64.4 Å². The number of hydrogen-bond acceptors (Lipinski definition) is 4. The minimum Gasteiger partial charge on any atom is -0.376 e. The number of hydrogen-bond donors (Lipinski definition) is 1. The number of ether oxygens (including phenoxy) is 1. The van der Waals surface area contributed by atoms with E-state index in [1.54, 1.807) is 12.1 Å². The van der Waals surface area contributed by atoms with Crippen molar-refractivity contribution in [1.29, 1.82) is 0 Å². The Hall–Kier alpha value is -1.46. The van der Waals surface area contributed by atoms with Gasteiger partial charge < -0.3 is 10.1 Å². The van der Waals surface area contributed by atoms with Gasteiger partial charge in [0.2, 0.25) is 0 Å². The molecule has 0 aromatic heterocycles. The Kier molecular flexibility index (Phi) is 4.06. The van der Waals surface area contributed by atoms with Crippen molar-refractivity contribution in [2.24, 2.45) is 5.92 Å². The molecule has 1 aliphatic rings. The monoisotopic (exact) mass is 236 g/mol. The summed E-state index contributed by atoms with van der Waals surface area (Å²) in [6.45, 7) is 3.23. The summed E-state index contributed by atoms with van der Waals surface area (Å²) in [5.41, 5.74) is 0.971. The van der Waals surface area contributed by atoms with Gasteiger partial charge >= 0.3 is 0 Å². The average Bonchev–Trinajstić information content (AvgIpc) is 2.82. The molecule has 2 rings (SSSR count). The van der Waals surface area contributed by atoms with Crippen LogP contribution in [0.2, 0.25) is 0 Å². The fourth-order valence-corrected chi connectivity index (χ4v) is 1.96. The Labute approximate surface area is 99.9 Å². The molecule has 1 saturated heterocycles. The number of rotatable bonds is 5. The van der Waals surface area contributed by atoms with Crippen molar-refractivity contribution in [3.05, 3.63) is 39.9 Å². The molecule has 1 fully saturated rings. The molecule has 5 nitrogen and oxygen atoms in total. The standard InChI is InChI=1S/C12H16N2O3/c15-14(16)12-3-1-2-10(6-12)8-17-9-11-4-5-13-7-11/h1-3,6,11,13H,4-5,7-9H2. The summed E-state index contributed by atoms with van der Waals surface area (Å²) in [7, 11) is 0. The van der Waals surface area contributed by atoms with Crippen LogP contribution >= 0.6 is 0 Å². The second-order valence-corrected chi connectivity index (χ2v) is 4.30. The zero-order valence-corrected chi connectivity index (χ0v) is 9.59. The molecule has 1 N–H and O–H groups in total. The van der Waals surface area contributed by atoms with Gasteiger partial charge in [0, 0.05) is 18.7 Å². The van der Waals surface area contributed by atoms with Crippen LogP contribution in [0.25, 0.3) is 0 Å². The quantitative estimate of drug-likeness (QED) is 0.624. The molecule has 0 saturated carbocycles. The first-order valence-electron chi connectivity index (χ1n) is 5.77. The Bertz CT molecular complexity index is 389. The molecule has 1 aromatic rings. The maximum atomic E-state index is 10.6. The van der Waals surface area contributed by atoms with E-state index >= 15 is 0 Å². The zero-order chi connectivity index (χ0) is 12.1. The number of non-ortho nitro benzene ring substituents is 1. The predicted octanol–water partition coefficient (Wildman–Crippen LogP) is 1.72. The van der Waals surface area contributed by atoms with Gasteiger partial charge in [-0.1, -0.05) is 12.1 Å². The van der Waals surface area contributed by atoms with E-state index in [4.69, 9.17) is 4.74 Å². The van der Waals surface area contributed by atoms with E-state index in [0.29, 0.717) is 12.5 Å². The lowest BCUT2D eigenvalue weighted by atomic mass is 10.1. The molecule has 0 aliphatic carbocycles. The Morgan fingerprint density at radius 2 is 2.41 bits per heavy atom. The summed E-state index contributed by atoms with van der Waals surface area (Å²) < 4.78 is 5.58. The van der Waals surface area contributed by atoms with Crippen molar-refractivity contribution in [3.63, 3.8) is 0 Å². The summed E-state index contributed by atoms with van der Waals surface area (Å²) in [6, 6.07) is 6.59. The van der Waals surface area contributed by atoms with Crippen LogP contribution in [0.15, 0.2) is 24.3 Å². The largest absolute Gasteiger partial charge is 0.376 e. The average molecular weight is 236 g/mol. The molecular formula is C12H16N2O3. The molecule has 0 radical (unpaired) electrons. The third-order valence-electron chi connectivity index (χ3n) is 2.91. The van der Waals surface area contributed by atoms with Crippen molar-refractivity contribution < 1.29 is 9.66 Å². The van der Waals surface area contributed by atoms with E-state index in [9.17, 15) is 10.1 Å². The molecule has 5 heteroatoms. The van der Waals surface area contributed by atoms with Crippen molar-refractivity contribution in [3.8, 4) is 0 Å².